The van der Waals surface area contributed by atoms with E-state index in [0.717, 1.165) is 47.9 Å². The van der Waals surface area contributed by atoms with E-state index in [1.54, 1.807) is 0 Å². The highest BCUT2D eigenvalue weighted by Gasteiger charge is 2.39. The molecule has 0 fully saturated rings. The Labute approximate surface area is 173 Å². The maximum absolute atomic E-state index is 5.99. The van der Waals surface area contributed by atoms with Gasteiger partial charge in [0, 0.05) is 36.7 Å². The van der Waals surface area contributed by atoms with Crippen LogP contribution in [0.1, 0.15) is 69.0 Å². The lowest BCUT2D eigenvalue weighted by Gasteiger charge is -2.39. The maximum Gasteiger partial charge on any atom is 0.132 e. The van der Waals surface area contributed by atoms with E-state index in [0.29, 0.717) is 6.61 Å². The third-order valence-electron chi connectivity index (χ3n) is 6.07. The molecule has 0 aliphatic heterocycles. The number of aromatic nitrogens is 4. The lowest BCUT2D eigenvalue weighted by molar-refractivity contribution is 0.288. The number of nitrogens with zero attached hydrogens (tertiary/aromatic N) is 4. The van der Waals surface area contributed by atoms with Crippen molar-refractivity contribution in [2.45, 2.75) is 64.4 Å². The first kappa shape index (κ1) is 19.6. The molecule has 0 bridgehead atoms. The highest BCUT2D eigenvalue weighted by Crippen LogP contribution is 2.43. The van der Waals surface area contributed by atoms with Crippen molar-refractivity contribution in [3.05, 3.63) is 71.3 Å². The van der Waals surface area contributed by atoms with Crippen LogP contribution in [-0.2, 0) is 30.9 Å². The number of fused-ring (bicyclic) bond motifs is 1. The minimum absolute atomic E-state index is 0.0560. The van der Waals surface area contributed by atoms with Crippen LogP contribution in [0.4, 0.5) is 0 Å². The van der Waals surface area contributed by atoms with Crippen LogP contribution in [0, 0.1) is 0 Å². The molecular weight excluding hydrogens is 360 g/mol. The Hall–Kier alpha value is -2.69. The van der Waals surface area contributed by atoms with Gasteiger partial charge in [-0.2, -0.15) is 0 Å². The molecular formula is C24H30N4O. The molecule has 2 aromatic heterocycles. The first-order valence-corrected chi connectivity index (χ1v) is 10.3. The Balaban J connectivity index is 1.45. The second-order valence-electron chi connectivity index (χ2n) is 9.39. The Morgan fingerprint density at radius 3 is 2.31 bits per heavy atom. The predicted octanol–water partition coefficient (Wildman–Crippen LogP) is 4.73. The molecule has 0 atom stereocenters. The zero-order valence-corrected chi connectivity index (χ0v) is 18.1. The molecule has 4 rings (SSSR count). The van der Waals surface area contributed by atoms with Crippen LogP contribution in [0.5, 0.6) is 5.75 Å². The van der Waals surface area contributed by atoms with Crippen molar-refractivity contribution in [2.75, 3.05) is 0 Å². The Kier molecular flexibility index (Phi) is 4.93. The van der Waals surface area contributed by atoms with Gasteiger partial charge in [0.2, 0.25) is 0 Å². The van der Waals surface area contributed by atoms with Crippen LogP contribution in [0.3, 0.4) is 0 Å². The number of ether oxygens (including phenoxy) is 1. The van der Waals surface area contributed by atoms with Gasteiger partial charge in [-0.3, -0.25) is 9.97 Å². The summed E-state index contributed by atoms with van der Waals surface area (Å²) in [4.78, 5) is 14.1. The quantitative estimate of drug-likeness (QED) is 0.632. The van der Waals surface area contributed by atoms with Gasteiger partial charge >= 0.3 is 0 Å². The van der Waals surface area contributed by atoms with Gasteiger partial charge in [-0.1, -0.05) is 39.8 Å². The minimum Gasteiger partial charge on any atom is -0.487 e. The summed E-state index contributed by atoms with van der Waals surface area (Å²) in [7, 11) is 2.02. The first-order chi connectivity index (χ1) is 13.7. The summed E-state index contributed by atoms with van der Waals surface area (Å²) in [6.07, 6.45) is 8.75. The molecule has 0 saturated carbocycles. The molecule has 0 amide bonds. The average Bonchev–Trinajstić information content (AvgIpc) is 3.09. The number of aryl methyl sites for hydroxylation is 1. The van der Waals surface area contributed by atoms with E-state index in [2.05, 4.69) is 44.8 Å². The van der Waals surface area contributed by atoms with Crippen molar-refractivity contribution < 1.29 is 4.74 Å². The molecule has 29 heavy (non-hydrogen) atoms. The zero-order chi connectivity index (χ0) is 20.6. The molecule has 2 heterocycles. The van der Waals surface area contributed by atoms with Crippen molar-refractivity contribution in [2.24, 2.45) is 7.05 Å². The number of hydrogen-bond acceptors (Lipinski definition) is 4. The molecule has 0 unspecified atom stereocenters. The summed E-state index contributed by atoms with van der Waals surface area (Å²) in [5, 5.41) is 0. The average molecular weight is 391 g/mol. The van der Waals surface area contributed by atoms with Crippen molar-refractivity contribution in [3.63, 3.8) is 0 Å². The number of rotatable bonds is 5. The summed E-state index contributed by atoms with van der Waals surface area (Å²) in [5.41, 5.74) is 4.49. The van der Waals surface area contributed by atoms with Gasteiger partial charge in [0.25, 0.3) is 0 Å². The fourth-order valence-corrected chi connectivity index (χ4v) is 3.93. The fraction of sp³-hybridized carbons (Fsp3) is 0.458. The van der Waals surface area contributed by atoms with Gasteiger partial charge in [-0.05, 0) is 30.5 Å². The molecule has 0 radical (unpaired) electrons. The van der Waals surface area contributed by atoms with Crippen LogP contribution in [0.15, 0.2) is 42.9 Å². The van der Waals surface area contributed by atoms with E-state index in [-0.39, 0.29) is 10.8 Å². The van der Waals surface area contributed by atoms with E-state index in [4.69, 9.17) is 14.7 Å². The molecule has 1 aromatic carbocycles. The van der Waals surface area contributed by atoms with Gasteiger partial charge in [-0.25, -0.2) is 4.98 Å². The van der Waals surface area contributed by atoms with E-state index in [1.807, 2.05) is 42.3 Å². The van der Waals surface area contributed by atoms with E-state index in [9.17, 15) is 0 Å². The summed E-state index contributed by atoms with van der Waals surface area (Å²) >= 11 is 0. The second-order valence-corrected chi connectivity index (χ2v) is 9.39. The molecule has 0 N–H and O–H groups in total. The van der Waals surface area contributed by atoms with Gasteiger partial charge in [0.15, 0.2) is 0 Å². The van der Waals surface area contributed by atoms with Gasteiger partial charge in [0.05, 0.1) is 23.3 Å². The van der Waals surface area contributed by atoms with Crippen LogP contribution < -0.4 is 4.74 Å². The smallest absolute Gasteiger partial charge is 0.132 e. The normalized spacial score (nSPS) is 17.0. The van der Waals surface area contributed by atoms with E-state index in [1.165, 1.54) is 5.56 Å². The van der Waals surface area contributed by atoms with Crippen LogP contribution in [0.2, 0.25) is 0 Å². The second kappa shape index (κ2) is 7.29. The monoisotopic (exact) mass is 390 g/mol. The van der Waals surface area contributed by atoms with Gasteiger partial charge in [0.1, 0.15) is 18.2 Å². The molecule has 152 valence electrons. The summed E-state index contributed by atoms with van der Waals surface area (Å²) in [6.45, 7) is 9.48. The zero-order valence-electron chi connectivity index (χ0n) is 18.1. The molecule has 1 aliphatic carbocycles. The minimum atomic E-state index is 0.0560. The summed E-state index contributed by atoms with van der Waals surface area (Å²) in [5.74, 6) is 1.89. The van der Waals surface area contributed by atoms with Crippen molar-refractivity contribution >= 4 is 0 Å². The summed E-state index contributed by atoms with van der Waals surface area (Å²) in [6, 6.07) is 8.21. The number of hydrogen-bond donors (Lipinski definition) is 0. The SMILES string of the molecule is Cn1ccnc1Cc1ccc(OCc2cnc3c(n2)C(C)(C)CCC3(C)C)cc1. The third-order valence-corrected chi connectivity index (χ3v) is 6.07. The molecule has 0 saturated heterocycles. The number of imidazole rings is 1. The lowest BCUT2D eigenvalue weighted by atomic mass is 9.67. The summed E-state index contributed by atoms with van der Waals surface area (Å²) < 4.78 is 8.04. The van der Waals surface area contributed by atoms with Crippen LogP contribution in [0.25, 0.3) is 0 Å². The highest BCUT2D eigenvalue weighted by atomic mass is 16.5. The van der Waals surface area contributed by atoms with Crippen molar-refractivity contribution in [1.29, 1.82) is 0 Å². The Bertz CT molecular complexity index is 1000. The Morgan fingerprint density at radius 1 is 0.966 bits per heavy atom. The van der Waals surface area contributed by atoms with Crippen molar-refractivity contribution in [3.8, 4) is 5.75 Å². The van der Waals surface area contributed by atoms with Crippen LogP contribution >= 0.6 is 0 Å². The predicted molar refractivity (Wildman–Crippen MR) is 114 cm³/mol. The Morgan fingerprint density at radius 2 is 1.66 bits per heavy atom. The van der Waals surface area contributed by atoms with Gasteiger partial charge in [-0.15, -0.1) is 0 Å². The van der Waals surface area contributed by atoms with E-state index >= 15 is 0 Å². The highest BCUT2D eigenvalue weighted by molar-refractivity contribution is 5.32. The molecule has 5 nitrogen and oxygen atoms in total. The first-order valence-electron chi connectivity index (χ1n) is 10.3. The molecule has 1 aliphatic rings. The lowest BCUT2D eigenvalue weighted by Crippen LogP contribution is -2.36. The topological polar surface area (TPSA) is 52.8 Å². The standard InChI is InChI=1S/C24H30N4O/c1-23(2)10-11-24(3,4)22-21(23)26-15-18(27-22)16-29-19-8-6-17(7-9-19)14-20-25-12-13-28(20)5/h6-9,12-13,15H,10-11,14,16H2,1-5H3. The van der Waals surface area contributed by atoms with Crippen molar-refractivity contribution in [1.82, 2.24) is 19.5 Å². The maximum atomic E-state index is 5.99. The molecule has 0 spiro atoms. The third kappa shape index (κ3) is 4.04. The largest absolute Gasteiger partial charge is 0.487 e. The fourth-order valence-electron chi connectivity index (χ4n) is 3.93. The molecule has 5 heteroatoms. The van der Waals surface area contributed by atoms with Gasteiger partial charge < -0.3 is 9.30 Å². The molecule has 3 aromatic rings. The van der Waals surface area contributed by atoms with E-state index < -0.39 is 0 Å². The number of benzene rings is 1. The van der Waals surface area contributed by atoms with Crippen LogP contribution in [-0.4, -0.2) is 19.5 Å².